The van der Waals surface area contributed by atoms with E-state index in [-0.39, 0.29) is 12.2 Å². The van der Waals surface area contributed by atoms with Gasteiger partial charge < -0.3 is 10.2 Å². The van der Waals surface area contributed by atoms with Gasteiger partial charge in [0.05, 0.1) is 5.25 Å². The number of nitrogens with one attached hydrogen (secondary N) is 1. The zero-order valence-electron chi connectivity index (χ0n) is 10.7. The van der Waals surface area contributed by atoms with Gasteiger partial charge in [0.2, 0.25) is 10.0 Å². The summed E-state index contributed by atoms with van der Waals surface area (Å²) >= 11 is 0. The largest absolute Gasteiger partial charge is 0.508 e. The number of hydrogen-bond donors (Lipinski definition) is 3. The third-order valence-electron chi connectivity index (χ3n) is 2.60. The first kappa shape index (κ1) is 15.5. The van der Waals surface area contributed by atoms with Gasteiger partial charge in [-0.25, -0.2) is 13.1 Å². The third-order valence-corrected chi connectivity index (χ3v) is 4.46. The molecule has 1 aromatic carbocycles. The van der Waals surface area contributed by atoms with Crippen LogP contribution in [0.2, 0.25) is 0 Å². The minimum atomic E-state index is -3.65. The molecule has 1 aromatic rings. The third kappa shape index (κ3) is 4.53. The summed E-state index contributed by atoms with van der Waals surface area (Å²) in [6, 6.07) is 4.72. The van der Waals surface area contributed by atoms with E-state index in [4.69, 9.17) is 10.2 Å². The van der Waals surface area contributed by atoms with Crippen LogP contribution in [0.25, 0.3) is 0 Å². The van der Waals surface area contributed by atoms with Crippen molar-refractivity contribution in [3.05, 3.63) is 29.8 Å². The van der Waals surface area contributed by atoms with Gasteiger partial charge in [-0.05, 0) is 38.0 Å². The summed E-state index contributed by atoms with van der Waals surface area (Å²) in [6.07, 6.45) is 0.0154. The van der Waals surface area contributed by atoms with Gasteiger partial charge in [-0.2, -0.15) is 0 Å². The Bertz CT molecular complexity index is 536. The Labute approximate surface area is 112 Å². The number of carbonyl (C=O) groups is 1. The van der Waals surface area contributed by atoms with Gasteiger partial charge >= 0.3 is 5.97 Å². The van der Waals surface area contributed by atoms with E-state index in [9.17, 15) is 13.2 Å². The van der Waals surface area contributed by atoms with Crippen LogP contribution in [-0.2, 0) is 21.2 Å². The molecule has 0 saturated heterocycles. The Kier molecular flexibility index (Phi) is 4.90. The molecule has 1 unspecified atom stereocenters. The minimum Gasteiger partial charge on any atom is -0.508 e. The van der Waals surface area contributed by atoms with Gasteiger partial charge in [-0.15, -0.1) is 0 Å². The van der Waals surface area contributed by atoms with Crippen LogP contribution in [0.4, 0.5) is 0 Å². The Balaban J connectivity index is 2.85. The highest BCUT2D eigenvalue weighted by Crippen LogP contribution is 2.12. The molecule has 0 saturated carbocycles. The van der Waals surface area contributed by atoms with Crippen molar-refractivity contribution in [2.75, 3.05) is 0 Å². The number of aliphatic carboxylic acids is 1. The predicted molar refractivity (Wildman–Crippen MR) is 70.4 cm³/mol. The van der Waals surface area contributed by atoms with Crippen LogP contribution < -0.4 is 4.72 Å². The number of carboxylic acids is 1. The summed E-state index contributed by atoms with van der Waals surface area (Å²) in [7, 11) is -3.65. The van der Waals surface area contributed by atoms with Gasteiger partial charge in [0.15, 0.2) is 0 Å². The molecule has 0 spiro atoms. The molecule has 0 aliphatic heterocycles. The first-order valence-corrected chi connectivity index (χ1v) is 7.29. The Morgan fingerprint density at radius 2 is 1.79 bits per heavy atom. The molecule has 0 aliphatic rings. The van der Waals surface area contributed by atoms with E-state index in [1.54, 1.807) is 12.1 Å². The summed E-state index contributed by atoms with van der Waals surface area (Å²) in [4.78, 5) is 11.1. The molecule has 0 aromatic heterocycles. The summed E-state index contributed by atoms with van der Waals surface area (Å²) in [5.41, 5.74) is 0.622. The number of sulfonamides is 1. The Morgan fingerprint density at radius 1 is 1.26 bits per heavy atom. The van der Waals surface area contributed by atoms with Crippen LogP contribution >= 0.6 is 0 Å². The zero-order chi connectivity index (χ0) is 14.6. The lowest BCUT2D eigenvalue weighted by Crippen LogP contribution is -2.44. The number of aromatic hydroxyl groups is 1. The highest BCUT2D eigenvalue weighted by atomic mass is 32.2. The lowest BCUT2D eigenvalue weighted by molar-refractivity contribution is -0.138. The van der Waals surface area contributed by atoms with E-state index in [0.717, 1.165) is 0 Å². The minimum absolute atomic E-state index is 0.0154. The molecule has 0 radical (unpaired) electrons. The number of hydrogen-bond acceptors (Lipinski definition) is 4. The predicted octanol–water partition coefficient (Wildman–Crippen LogP) is 0.716. The van der Waals surface area contributed by atoms with Gasteiger partial charge in [0, 0.05) is 0 Å². The average molecular weight is 287 g/mol. The van der Waals surface area contributed by atoms with Crippen LogP contribution in [0.5, 0.6) is 5.75 Å². The highest BCUT2D eigenvalue weighted by molar-refractivity contribution is 7.90. The van der Waals surface area contributed by atoms with Crippen molar-refractivity contribution in [1.29, 1.82) is 0 Å². The number of phenolic OH excluding ortho intramolecular Hbond substituents is 1. The highest BCUT2D eigenvalue weighted by Gasteiger charge is 2.26. The molecular weight excluding hydrogens is 270 g/mol. The van der Waals surface area contributed by atoms with E-state index in [1.807, 2.05) is 0 Å². The lowest BCUT2D eigenvalue weighted by Gasteiger charge is -2.16. The Morgan fingerprint density at radius 3 is 2.21 bits per heavy atom. The van der Waals surface area contributed by atoms with Crippen molar-refractivity contribution < 1.29 is 23.4 Å². The van der Waals surface area contributed by atoms with Gasteiger partial charge in [0.25, 0.3) is 0 Å². The van der Waals surface area contributed by atoms with Crippen LogP contribution in [-0.4, -0.2) is 35.9 Å². The van der Waals surface area contributed by atoms with Crippen LogP contribution in [0.1, 0.15) is 19.4 Å². The average Bonchev–Trinajstić information content (AvgIpc) is 2.30. The molecule has 7 heteroatoms. The molecule has 0 bridgehead atoms. The molecular formula is C12H17NO5S. The first-order chi connectivity index (χ1) is 8.72. The maximum Gasteiger partial charge on any atom is 0.322 e. The van der Waals surface area contributed by atoms with Crippen molar-refractivity contribution in [2.24, 2.45) is 0 Å². The number of carboxylic acid groups (broad SMARTS) is 1. The molecule has 0 fully saturated rings. The summed E-state index contributed by atoms with van der Waals surface area (Å²) in [6.45, 7) is 2.95. The molecule has 0 amide bonds. The second kappa shape index (κ2) is 6.03. The molecule has 1 atom stereocenters. The van der Waals surface area contributed by atoms with Crippen LogP contribution in [0.15, 0.2) is 24.3 Å². The van der Waals surface area contributed by atoms with E-state index in [1.165, 1.54) is 26.0 Å². The molecule has 0 heterocycles. The molecule has 106 valence electrons. The Hall–Kier alpha value is -1.60. The maximum atomic E-state index is 11.7. The molecule has 6 nitrogen and oxygen atoms in total. The van der Waals surface area contributed by atoms with Crippen molar-refractivity contribution in [3.63, 3.8) is 0 Å². The molecule has 19 heavy (non-hydrogen) atoms. The normalized spacial score (nSPS) is 13.4. The smallest absolute Gasteiger partial charge is 0.322 e. The van der Waals surface area contributed by atoms with Gasteiger partial charge in [-0.3, -0.25) is 4.79 Å². The van der Waals surface area contributed by atoms with E-state index < -0.39 is 27.3 Å². The fourth-order valence-electron chi connectivity index (χ4n) is 1.38. The molecule has 1 rings (SSSR count). The van der Waals surface area contributed by atoms with Gasteiger partial charge in [0.1, 0.15) is 11.8 Å². The van der Waals surface area contributed by atoms with Crippen molar-refractivity contribution in [2.45, 2.75) is 31.6 Å². The summed E-state index contributed by atoms with van der Waals surface area (Å²) in [5, 5.41) is 17.5. The molecule has 3 N–H and O–H groups in total. The van der Waals surface area contributed by atoms with E-state index in [2.05, 4.69) is 4.72 Å². The zero-order valence-corrected chi connectivity index (χ0v) is 11.5. The van der Waals surface area contributed by atoms with E-state index in [0.29, 0.717) is 5.56 Å². The first-order valence-electron chi connectivity index (χ1n) is 5.74. The fraction of sp³-hybridized carbons (Fsp3) is 0.417. The summed E-state index contributed by atoms with van der Waals surface area (Å²) < 4.78 is 25.5. The van der Waals surface area contributed by atoms with Crippen molar-refractivity contribution in [3.8, 4) is 5.75 Å². The quantitative estimate of drug-likeness (QED) is 0.715. The SMILES string of the molecule is CC(C)S(=O)(=O)NC(Cc1ccc(O)cc1)C(=O)O. The molecule has 0 aliphatic carbocycles. The monoisotopic (exact) mass is 287 g/mol. The second-order valence-electron chi connectivity index (χ2n) is 4.47. The maximum absolute atomic E-state index is 11.7. The number of rotatable bonds is 6. The van der Waals surface area contributed by atoms with Gasteiger partial charge in [-0.1, -0.05) is 12.1 Å². The van der Waals surface area contributed by atoms with Crippen LogP contribution in [0, 0.1) is 0 Å². The van der Waals surface area contributed by atoms with Crippen LogP contribution in [0.3, 0.4) is 0 Å². The number of benzene rings is 1. The van der Waals surface area contributed by atoms with Crippen molar-refractivity contribution in [1.82, 2.24) is 4.72 Å². The summed E-state index contributed by atoms with van der Waals surface area (Å²) in [5.74, 6) is -1.17. The second-order valence-corrected chi connectivity index (χ2v) is 6.74. The van der Waals surface area contributed by atoms with Crippen molar-refractivity contribution >= 4 is 16.0 Å². The standard InChI is InChI=1S/C12H17NO5S/c1-8(2)19(17,18)13-11(12(15)16)7-9-3-5-10(14)6-4-9/h3-6,8,11,13-14H,7H2,1-2H3,(H,15,16). The number of phenols is 1. The fourth-order valence-corrected chi connectivity index (χ4v) is 2.23. The van der Waals surface area contributed by atoms with E-state index >= 15 is 0 Å². The topological polar surface area (TPSA) is 104 Å². The lowest BCUT2D eigenvalue weighted by atomic mass is 10.1.